The van der Waals surface area contributed by atoms with Crippen LogP contribution in [-0.4, -0.2) is 23.4 Å². The number of carbonyl (C=O) groups excluding carboxylic acids is 2. The molecule has 2 aromatic carbocycles. The van der Waals surface area contributed by atoms with Crippen molar-refractivity contribution in [1.29, 1.82) is 0 Å². The third kappa shape index (κ3) is 4.15. The number of fused-ring (bicyclic) bond motifs is 1. The molecule has 27 heavy (non-hydrogen) atoms. The van der Waals surface area contributed by atoms with Crippen LogP contribution in [0.15, 0.2) is 53.9 Å². The number of ether oxygens (including phenoxy) is 1. The van der Waals surface area contributed by atoms with Crippen molar-refractivity contribution >= 4 is 34.0 Å². The van der Waals surface area contributed by atoms with Crippen molar-refractivity contribution in [2.45, 2.75) is 12.8 Å². The van der Waals surface area contributed by atoms with Crippen LogP contribution in [-0.2, 0) is 16.0 Å². The lowest BCUT2D eigenvalue weighted by Crippen LogP contribution is -2.20. The third-order valence-electron chi connectivity index (χ3n) is 4.16. The van der Waals surface area contributed by atoms with Crippen molar-refractivity contribution in [3.63, 3.8) is 0 Å². The minimum absolute atomic E-state index is 0.0478. The molecule has 4 rings (SSSR count). The molecule has 0 saturated carbocycles. The van der Waals surface area contributed by atoms with Crippen LogP contribution in [0.25, 0.3) is 11.3 Å². The molecule has 0 radical (unpaired) electrons. The standard InChI is InChI=1S/C20H17N3O3S/c24-18-9-7-13-10-14(6-8-16(13)21-18)17-12-27-20(22-17)23-19(25)11-26-15-4-2-1-3-5-15/h1-6,8,10,12H,7,9,11H2,(H,21,24)(H,22,23,25). The van der Waals surface area contributed by atoms with E-state index in [-0.39, 0.29) is 18.4 Å². The van der Waals surface area contributed by atoms with Gasteiger partial charge < -0.3 is 10.1 Å². The number of hydrogen-bond donors (Lipinski definition) is 2. The third-order valence-corrected chi connectivity index (χ3v) is 4.92. The molecule has 3 aromatic rings. The number of thiazole rings is 1. The number of rotatable bonds is 5. The summed E-state index contributed by atoms with van der Waals surface area (Å²) >= 11 is 1.36. The smallest absolute Gasteiger partial charge is 0.264 e. The highest BCUT2D eigenvalue weighted by atomic mass is 32.1. The lowest BCUT2D eigenvalue weighted by atomic mass is 9.99. The van der Waals surface area contributed by atoms with Gasteiger partial charge in [-0.25, -0.2) is 4.98 Å². The van der Waals surface area contributed by atoms with Gasteiger partial charge in [-0.05, 0) is 36.2 Å². The molecule has 136 valence electrons. The van der Waals surface area contributed by atoms with Crippen molar-refractivity contribution in [2.75, 3.05) is 17.2 Å². The van der Waals surface area contributed by atoms with Crippen molar-refractivity contribution in [2.24, 2.45) is 0 Å². The molecule has 0 saturated heterocycles. The maximum absolute atomic E-state index is 12.0. The maximum Gasteiger partial charge on any atom is 0.264 e. The molecular formula is C20H17N3O3S. The Hall–Kier alpha value is -3.19. The zero-order valence-corrected chi connectivity index (χ0v) is 15.2. The van der Waals surface area contributed by atoms with E-state index in [0.717, 1.165) is 28.9 Å². The van der Waals surface area contributed by atoms with Gasteiger partial charge in [0, 0.05) is 23.1 Å². The van der Waals surface area contributed by atoms with E-state index in [1.165, 1.54) is 11.3 Å². The SMILES string of the molecule is O=C(COc1ccccc1)Nc1nc(-c2ccc3c(c2)CCC(=O)N3)cs1. The van der Waals surface area contributed by atoms with Crippen LogP contribution in [0.3, 0.4) is 0 Å². The number of hydrogen-bond acceptors (Lipinski definition) is 5. The fourth-order valence-electron chi connectivity index (χ4n) is 2.83. The largest absolute Gasteiger partial charge is 0.484 e. The van der Waals surface area contributed by atoms with Crippen molar-refractivity contribution in [1.82, 2.24) is 4.98 Å². The van der Waals surface area contributed by atoms with Gasteiger partial charge in [0.25, 0.3) is 5.91 Å². The van der Waals surface area contributed by atoms with E-state index in [1.54, 1.807) is 12.1 Å². The lowest BCUT2D eigenvalue weighted by molar-refractivity contribution is -0.118. The van der Waals surface area contributed by atoms with E-state index >= 15 is 0 Å². The van der Waals surface area contributed by atoms with Crippen LogP contribution < -0.4 is 15.4 Å². The van der Waals surface area contributed by atoms with Gasteiger partial charge in [-0.3, -0.25) is 14.9 Å². The topological polar surface area (TPSA) is 80.3 Å². The number of nitrogens with zero attached hydrogens (tertiary/aromatic N) is 1. The highest BCUT2D eigenvalue weighted by Crippen LogP contribution is 2.30. The van der Waals surface area contributed by atoms with Gasteiger partial charge in [-0.15, -0.1) is 11.3 Å². The molecule has 0 fully saturated rings. The fraction of sp³-hybridized carbons (Fsp3) is 0.150. The first-order chi connectivity index (χ1) is 13.2. The minimum atomic E-state index is -0.257. The number of carbonyl (C=O) groups is 2. The molecule has 0 unspecified atom stereocenters. The molecule has 7 heteroatoms. The summed E-state index contributed by atoms with van der Waals surface area (Å²) in [5.74, 6) is 0.438. The first kappa shape index (κ1) is 17.2. The normalized spacial score (nSPS) is 12.8. The van der Waals surface area contributed by atoms with Crippen LogP contribution in [0, 0.1) is 0 Å². The van der Waals surface area contributed by atoms with Gasteiger partial charge in [0.15, 0.2) is 11.7 Å². The predicted octanol–water partition coefficient (Wildman–Crippen LogP) is 3.71. The molecule has 0 atom stereocenters. The van der Waals surface area contributed by atoms with E-state index in [0.29, 0.717) is 17.3 Å². The maximum atomic E-state index is 12.0. The average Bonchev–Trinajstić information content (AvgIpc) is 3.15. The van der Waals surface area contributed by atoms with E-state index in [9.17, 15) is 9.59 Å². The number of nitrogens with one attached hydrogen (secondary N) is 2. The van der Waals surface area contributed by atoms with Crippen LogP contribution in [0.5, 0.6) is 5.75 Å². The monoisotopic (exact) mass is 379 g/mol. The Bertz CT molecular complexity index is 985. The van der Waals surface area contributed by atoms with Crippen molar-refractivity contribution in [3.05, 3.63) is 59.5 Å². The van der Waals surface area contributed by atoms with Crippen LogP contribution >= 0.6 is 11.3 Å². The van der Waals surface area contributed by atoms with Gasteiger partial charge in [0.05, 0.1) is 5.69 Å². The molecule has 2 N–H and O–H groups in total. The first-order valence-corrected chi connectivity index (χ1v) is 9.42. The Morgan fingerprint density at radius 3 is 2.89 bits per heavy atom. The first-order valence-electron chi connectivity index (χ1n) is 8.54. The van der Waals surface area contributed by atoms with Crippen LogP contribution in [0.4, 0.5) is 10.8 Å². The van der Waals surface area contributed by atoms with E-state index in [1.807, 2.05) is 41.8 Å². The van der Waals surface area contributed by atoms with E-state index in [2.05, 4.69) is 15.6 Å². The Morgan fingerprint density at radius 2 is 2.04 bits per heavy atom. The van der Waals surface area contributed by atoms with Gasteiger partial charge in [-0.2, -0.15) is 0 Å². The number of para-hydroxylation sites is 1. The van der Waals surface area contributed by atoms with Gasteiger partial charge in [0.2, 0.25) is 5.91 Å². The second kappa shape index (κ2) is 7.59. The molecule has 0 spiro atoms. The van der Waals surface area contributed by atoms with Gasteiger partial charge >= 0.3 is 0 Å². The Kier molecular flexibility index (Phi) is 4.84. The van der Waals surface area contributed by atoms with Crippen LogP contribution in [0.1, 0.15) is 12.0 Å². The number of amides is 2. The molecule has 0 aliphatic carbocycles. The van der Waals surface area contributed by atoms with E-state index in [4.69, 9.17) is 4.74 Å². The Labute approximate surface area is 160 Å². The second-order valence-corrected chi connectivity index (χ2v) is 6.97. The molecule has 6 nitrogen and oxygen atoms in total. The highest BCUT2D eigenvalue weighted by molar-refractivity contribution is 7.14. The number of aromatic nitrogens is 1. The summed E-state index contributed by atoms with van der Waals surface area (Å²) in [7, 11) is 0. The second-order valence-electron chi connectivity index (χ2n) is 6.11. The van der Waals surface area contributed by atoms with Gasteiger partial charge in [-0.1, -0.05) is 24.3 Å². The van der Waals surface area contributed by atoms with Crippen LogP contribution in [0.2, 0.25) is 0 Å². The van der Waals surface area contributed by atoms with Crippen molar-refractivity contribution in [3.8, 4) is 17.0 Å². The highest BCUT2D eigenvalue weighted by Gasteiger charge is 2.16. The molecule has 1 aliphatic rings. The molecule has 1 aromatic heterocycles. The number of aryl methyl sites for hydroxylation is 1. The molecule has 2 amide bonds. The molecule has 1 aliphatic heterocycles. The Balaban J connectivity index is 1.40. The zero-order valence-electron chi connectivity index (χ0n) is 14.4. The number of anilines is 2. The van der Waals surface area contributed by atoms with Gasteiger partial charge in [0.1, 0.15) is 5.75 Å². The quantitative estimate of drug-likeness (QED) is 0.708. The summed E-state index contributed by atoms with van der Waals surface area (Å²) in [6.07, 6.45) is 1.22. The summed E-state index contributed by atoms with van der Waals surface area (Å²) in [6, 6.07) is 15.0. The molecular weight excluding hydrogens is 362 g/mol. The summed E-state index contributed by atoms with van der Waals surface area (Å²) in [4.78, 5) is 28.0. The summed E-state index contributed by atoms with van der Waals surface area (Å²) < 4.78 is 5.43. The fourth-order valence-corrected chi connectivity index (χ4v) is 3.56. The number of benzene rings is 2. The average molecular weight is 379 g/mol. The van der Waals surface area contributed by atoms with E-state index < -0.39 is 0 Å². The summed E-state index contributed by atoms with van der Waals surface area (Å²) in [5, 5.41) is 8.05. The molecule has 0 bridgehead atoms. The zero-order chi connectivity index (χ0) is 18.6. The lowest BCUT2D eigenvalue weighted by Gasteiger charge is -2.17. The minimum Gasteiger partial charge on any atom is -0.484 e. The molecule has 2 heterocycles. The predicted molar refractivity (Wildman–Crippen MR) is 105 cm³/mol. The van der Waals surface area contributed by atoms with Crippen molar-refractivity contribution < 1.29 is 14.3 Å². The summed E-state index contributed by atoms with van der Waals surface area (Å²) in [6.45, 7) is -0.0720. The summed E-state index contributed by atoms with van der Waals surface area (Å²) in [5.41, 5.74) is 3.71. The Morgan fingerprint density at radius 1 is 1.19 bits per heavy atom.